The molecule has 0 saturated carbocycles. The smallest absolute Gasteiger partial charge is 0.257 e. The molecule has 1 fully saturated rings. The van der Waals surface area contributed by atoms with Crippen molar-refractivity contribution in [1.29, 1.82) is 5.26 Å². The van der Waals surface area contributed by atoms with Crippen LogP contribution >= 0.6 is 0 Å². The van der Waals surface area contributed by atoms with E-state index in [2.05, 4.69) is 11.2 Å². The van der Waals surface area contributed by atoms with Crippen molar-refractivity contribution in [2.24, 2.45) is 13.0 Å². The van der Waals surface area contributed by atoms with Gasteiger partial charge >= 0.3 is 0 Å². The maximum Gasteiger partial charge on any atom is 0.257 e. The number of nitrogens with zero attached hydrogens (tertiary/aromatic N) is 4. The van der Waals surface area contributed by atoms with Gasteiger partial charge in [0.2, 0.25) is 0 Å². The molecule has 18 heavy (non-hydrogen) atoms. The number of aromatic nitrogens is 2. The summed E-state index contributed by atoms with van der Waals surface area (Å²) < 4.78 is 1.68. The third kappa shape index (κ3) is 2.37. The second-order valence-corrected chi connectivity index (χ2v) is 4.74. The average Bonchev–Trinajstić information content (AvgIpc) is 2.79. The normalized spacial score (nSPS) is 19.6. The number of hydrogen-bond acceptors (Lipinski definition) is 3. The molecule has 1 aliphatic rings. The van der Waals surface area contributed by atoms with E-state index in [1.54, 1.807) is 15.8 Å². The van der Waals surface area contributed by atoms with Crippen LogP contribution in [-0.2, 0) is 13.5 Å². The Hall–Kier alpha value is -1.83. The van der Waals surface area contributed by atoms with Crippen molar-refractivity contribution < 1.29 is 4.79 Å². The van der Waals surface area contributed by atoms with Gasteiger partial charge in [0.25, 0.3) is 5.91 Å². The van der Waals surface area contributed by atoms with E-state index in [9.17, 15) is 4.79 Å². The van der Waals surface area contributed by atoms with Crippen LogP contribution in [-0.4, -0.2) is 33.7 Å². The van der Waals surface area contributed by atoms with Gasteiger partial charge < -0.3 is 4.90 Å². The summed E-state index contributed by atoms with van der Waals surface area (Å²) in [6.45, 7) is 3.29. The summed E-state index contributed by atoms with van der Waals surface area (Å²) >= 11 is 0. The van der Waals surface area contributed by atoms with Gasteiger partial charge in [0.05, 0.1) is 23.2 Å². The van der Waals surface area contributed by atoms with Crippen LogP contribution in [0.15, 0.2) is 6.20 Å². The highest BCUT2D eigenvalue weighted by molar-refractivity contribution is 5.95. The molecular formula is C13H18N4O. The first-order valence-electron chi connectivity index (χ1n) is 6.37. The summed E-state index contributed by atoms with van der Waals surface area (Å²) in [5, 5.41) is 13.2. The molecular weight excluding hydrogens is 228 g/mol. The number of rotatable bonds is 2. The lowest BCUT2D eigenvalue weighted by molar-refractivity contribution is 0.0697. The van der Waals surface area contributed by atoms with Crippen LogP contribution in [0.2, 0.25) is 0 Å². The molecule has 2 rings (SSSR count). The van der Waals surface area contributed by atoms with Crippen LogP contribution in [0.3, 0.4) is 0 Å². The molecule has 0 aliphatic carbocycles. The first kappa shape index (κ1) is 12.6. The van der Waals surface area contributed by atoms with E-state index in [1.807, 2.05) is 14.0 Å². The van der Waals surface area contributed by atoms with E-state index >= 15 is 0 Å². The molecule has 5 nitrogen and oxygen atoms in total. The number of hydrogen-bond donors (Lipinski definition) is 0. The third-order valence-electron chi connectivity index (χ3n) is 3.36. The Labute approximate surface area is 107 Å². The van der Waals surface area contributed by atoms with Crippen LogP contribution in [0, 0.1) is 17.2 Å². The monoisotopic (exact) mass is 246 g/mol. The minimum absolute atomic E-state index is 0.0138. The minimum atomic E-state index is -0.0237. The van der Waals surface area contributed by atoms with E-state index in [1.165, 1.54) is 0 Å². The maximum atomic E-state index is 12.4. The SMILES string of the molecule is CCc1nn(C)cc1C(=O)N1CCCC(C#N)C1. The lowest BCUT2D eigenvalue weighted by Gasteiger charge is -2.29. The second-order valence-electron chi connectivity index (χ2n) is 4.74. The largest absolute Gasteiger partial charge is 0.337 e. The maximum absolute atomic E-state index is 12.4. The fourth-order valence-corrected chi connectivity index (χ4v) is 2.41. The highest BCUT2D eigenvalue weighted by Gasteiger charge is 2.26. The molecule has 1 aliphatic heterocycles. The van der Waals surface area contributed by atoms with Crippen LogP contribution in [0.4, 0.5) is 0 Å². The Morgan fingerprint density at radius 3 is 3.11 bits per heavy atom. The topological polar surface area (TPSA) is 61.9 Å². The predicted octanol–water partition coefficient (Wildman–Crippen LogP) is 1.36. The van der Waals surface area contributed by atoms with E-state index in [4.69, 9.17) is 5.26 Å². The van der Waals surface area contributed by atoms with Crippen LogP contribution in [0.5, 0.6) is 0 Å². The standard InChI is InChI=1S/C13H18N4O/c1-3-12-11(9-16(2)15-12)13(18)17-6-4-5-10(7-14)8-17/h9-10H,3-6,8H2,1-2H3. The molecule has 96 valence electrons. The number of carbonyl (C=O) groups is 1. The van der Waals surface area contributed by atoms with Gasteiger partial charge in [-0.05, 0) is 19.3 Å². The van der Waals surface area contributed by atoms with Crippen LogP contribution in [0.25, 0.3) is 0 Å². The van der Waals surface area contributed by atoms with Crippen molar-refractivity contribution in [3.05, 3.63) is 17.5 Å². The molecule has 0 radical (unpaired) electrons. The van der Waals surface area contributed by atoms with Gasteiger partial charge in [0.15, 0.2) is 0 Å². The fraction of sp³-hybridized carbons (Fsp3) is 0.615. The molecule has 1 atom stereocenters. The zero-order chi connectivity index (χ0) is 13.1. The van der Waals surface area contributed by atoms with E-state index in [0.29, 0.717) is 12.1 Å². The number of likely N-dealkylation sites (tertiary alicyclic amines) is 1. The Bertz CT molecular complexity index is 486. The minimum Gasteiger partial charge on any atom is -0.337 e. The van der Waals surface area contributed by atoms with E-state index in [-0.39, 0.29) is 11.8 Å². The number of piperidine rings is 1. The Morgan fingerprint density at radius 1 is 1.67 bits per heavy atom. The molecule has 1 unspecified atom stereocenters. The number of carbonyl (C=O) groups excluding carboxylic acids is 1. The highest BCUT2D eigenvalue weighted by Crippen LogP contribution is 2.19. The van der Waals surface area contributed by atoms with Crippen molar-refractivity contribution in [2.45, 2.75) is 26.2 Å². The molecule has 0 bridgehead atoms. The first-order chi connectivity index (χ1) is 8.65. The van der Waals surface area contributed by atoms with Gasteiger partial charge in [-0.3, -0.25) is 9.48 Å². The molecule has 0 N–H and O–H groups in total. The molecule has 2 heterocycles. The van der Waals surface area contributed by atoms with E-state index in [0.717, 1.165) is 31.5 Å². The van der Waals surface area contributed by atoms with Gasteiger partial charge in [-0.2, -0.15) is 10.4 Å². The average molecular weight is 246 g/mol. The number of aryl methyl sites for hydroxylation is 2. The fourth-order valence-electron chi connectivity index (χ4n) is 2.41. The Morgan fingerprint density at radius 2 is 2.44 bits per heavy atom. The molecule has 0 aromatic carbocycles. The summed E-state index contributed by atoms with van der Waals surface area (Å²) in [4.78, 5) is 14.2. The Kier molecular flexibility index (Phi) is 3.66. The second kappa shape index (κ2) is 5.21. The zero-order valence-electron chi connectivity index (χ0n) is 10.9. The summed E-state index contributed by atoms with van der Waals surface area (Å²) in [5.74, 6) is -0.00986. The number of amides is 1. The lowest BCUT2D eigenvalue weighted by Crippen LogP contribution is -2.39. The first-order valence-corrected chi connectivity index (χ1v) is 6.37. The van der Waals surface area contributed by atoms with E-state index < -0.39 is 0 Å². The summed E-state index contributed by atoms with van der Waals surface area (Å²) in [5.41, 5.74) is 1.51. The molecule has 1 aromatic heterocycles. The van der Waals surface area contributed by atoms with Gasteiger partial charge in [-0.1, -0.05) is 6.92 Å². The van der Waals surface area contributed by atoms with Crippen LogP contribution < -0.4 is 0 Å². The third-order valence-corrected chi connectivity index (χ3v) is 3.36. The summed E-state index contributed by atoms with van der Waals surface area (Å²) in [6, 6.07) is 2.26. The number of nitriles is 1. The van der Waals surface area contributed by atoms with Crippen molar-refractivity contribution in [2.75, 3.05) is 13.1 Å². The highest BCUT2D eigenvalue weighted by atomic mass is 16.2. The molecule has 0 spiro atoms. The van der Waals surface area contributed by atoms with Crippen LogP contribution in [0.1, 0.15) is 35.8 Å². The summed E-state index contributed by atoms with van der Waals surface area (Å²) in [7, 11) is 1.82. The summed E-state index contributed by atoms with van der Waals surface area (Å²) in [6.07, 6.45) is 4.33. The van der Waals surface area contributed by atoms with Crippen molar-refractivity contribution >= 4 is 5.91 Å². The van der Waals surface area contributed by atoms with Gasteiger partial charge in [0, 0.05) is 26.3 Å². The van der Waals surface area contributed by atoms with Crippen molar-refractivity contribution in [3.63, 3.8) is 0 Å². The Balaban J connectivity index is 2.18. The molecule has 1 saturated heterocycles. The molecule has 5 heteroatoms. The van der Waals surface area contributed by atoms with Gasteiger partial charge in [-0.15, -0.1) is 0 Å². The molecule has 1 aromatic rings. The quantitative estimate of drug-likeness (QED) is 0.791. The van der Waals surface area contributed by atoms with Gasteiger partial charge in [-0.25, -0.2) is 0 Å². The van der Waals surface area contributed by atoms with Crippen molar-refractivity contribution in [1.82, 2.24) is 14.7 Å². The zero-order valence-corrected chi connectivity index (χ0v) is 10.9. The predicted molar refractivity (Wildman–Crippen MR) is 66.8 cm³/mol. The molecule has 1 amide bonds. The van der Waals surface area contributed by atoms with Gasteiger partial charge in [0.1, 0.15) is 0 Å². The van der Waals surface area contributed by atoms with Crippen molar-refractivity contribution in [3.8, 4) is 6.07 Å². The lowest BCUT2D eigenvalue weighted by atomic mass is 9.99.